The predicted octanol–water partition coefficient (Wildman–Crippen LogP) is 2.90. The zero-order valence-electron chi connectivity index (χ0n) is 10.3. The standard InChI is InChI=1S/C14H18FNO/c1-4-5-6-9-16-11(2)12-7-8-14(17-3)13(15)10-12/h1,7-8,10-11,16H,5-6,9H2,2-3H3. The van der Waals surface area contributed by atoms with Gasteiger partial charge in [-0.25, -0.2) is 4.39 Å². The lowest BCUT2D eigenvalue weighted by Crippen LogP contribution is -2.19. The van der Waals surface area contributed by atoms with Gasteiger partial charge in [-0.3, -0.25) is 0 Å². The Morgan fingerprint density at radius 1 is 1.53 bits per heavy atom. The van der Waals surface area contributed by atoms with E-state index >= 15 is 0 Å². The number of methoxy groups -OCH3 is 1. The zero-order chi connectivity index (χ0) is 12.7. The van der Waals surface area contributed by atoms with Gasteiger partial charge in [-0.1, -0.05) is 6.07 Å². The molecule has 0 heterocycles. The van der Waals surface area contributed by atoms with Crippen molar-refractivity contribution in [2.45, 2.75) is 25.8 Å². The van der Waals surface area contributed by atoms with Crippen molar-refractivity contribution in [3.05, 3.63) is 29.6 Å². The van der Waals surface area contributed by atoms with Gasteiger partial charge in [-0.05, 0) is 37.6 Å². The molecule has 0 fully saturated rings. The highest BCUT2D eigenvalue weighted by Gasteiger charge is 2.08. The van der Waals surface area contributed by atoms with Crippen LogP contribution < -0.4 is 10.1 Å². The smallest absolute Gasteiger partial charge is 0.165 e. The van der Waals surface area contributed by atoms with E-state index in [9.17, 15) is 4.39 Å². The predicted molar refractivity (Wildman–Crippen MR) is 67.4 cm³/mol. The first-order valence-electron chi connectivity index (χ1n) is 5.69. The van der Waals surface area contributed by atoms with Gasteiger partial charge in [0, 0.05) is 12.5 Å². The van der Waals surface area contributed by atoms with Crippen molar-refractivity contribution in [2.75, 3.05) is 13.7 Å². The molecule has 0 saturated heterocycles. The summed E-state index contributed by atoms with van der Waals surface area (Å²) in [5.74, 6) is 2.53. The van der Waals surface area contributed by atoms with Crippen LogP contribution in [0.4, 0.5) is 4.39 Å². The molecule has 0 aliphatic heterocycles. The number of nitrogens with one attached hydrogen (secondary N) is 1. The first kappa shape index (κ1) is 13.5. The van der Waals surface area contributed by atoms with E-state index in [1.807, 2.05) is 13.0 Å². The van der Waals surface area contributed by atoms with Gasteiger partial charge in [0.2, 0.25) is 0 Å². The van der Waals surface area contributed by atoms with E-state index in [4.69, 9.17) is 11.2 Å². The minimum absolute atomic E-state index is 0.105. The fraction of sp³-hybridized carbons (Fsp3) is 0.429. The van der Waals surface area contributed by atoms with E-state index < -0.39 is 0 Å². The van der Waals surface area contributed by atoms with Crippen LogP contribution in [0.2, 0.25) is 0 Å². The molecule has 3 heteroatoms. The normalized spacial score (nSPS) is 11.9. The Balaban J connectivity index is 2.54. The second kappa shape index (κ2) is 6.93. The number of unbranched alkanes of at least 4 members (excludes halogenated alkanes) is 1. The molecule has 1 unspecified atom stereocenters. The summed E-state index contributed by atoms with van der Waals surface area (Å²) in [6, 6.07) is 5.11. The molecule has 1 rings (SSSR count). The monoisotopic (exact) mass is 235 g/mol. The summed E-state index contributed by atoms with van der Waals surface area (Å²) in [6.45, 7) is 2.83. The molecule has 1 atom stereocenters. The first-order chi connectivity index (χ1) is 8.19. The Morgan fingerprint density at radius 2 is 2.29 bits per heavy atom. The van der Waals surface area contributed by atoms with Crippen molar-refractivity contribution in [2.24, 2.45) is 0 Å². The molecule has 0 aliphatic carbocycles. The van der Waals surface area contributed by atoms with Crippen LogP contribution in [0.25, 0.3) is 0 Å². The van der Waals surface area contributed by atoms with Crippen molar-refractivity contribution in [1.29, 1.82) is 0 Å². The summed E-state index contributed by atoms with van der Waals surface area (Å²) in [7, 11) is 1.46. The zero-order valence-corrected chi connectivity index (χ0v) is 10.3. The molecule has 92 valence electrons. The van der Waals surface area contributed by atoms with E-state index in [-0.39, 0.29) is 17.6 Å². The minimum Gasteiger partial charge on any atom is -0.494 e. The molecule has 1 aromatic rings. The van der Waals surface area contributed by atoms with E-state index in [1.165, 1.54) is 13.2 Å². The Morgan fingerprint density at radius 3 is 2.88 bits per heavy atom. The van der Waals surface area contributed by atoms with Crippen LogP contribution in [0.5, 0.6) is 5.75 Å². The molecule has 2 nitrogen and oxygen atoms in total. The highest BCUT2D eigenvalue weighted by atomic mass is 19.1. The molecule has 0 amide bonds. The van der Waals surface area contributed by atoms with Gasteiger partial charge >= 0.3 is 0 Å². The maximum atomic E-state index is 13.5. The number of halogens is 1. The molecule has 0 aromatic heterocycles. The third-order valence-corrected chi connectivity index (χ3v) is 2.62. The molecule has 0 aliphatic rings. The number of benzene rings is 1. The van der Waals surface area contributed by atoms with E-state index in [2.05, 4.69) is 11.2 Å². The van der Waals surface area contributed by atoms with Crippen LogP contribution in [0.1, 0.15) is 31.4 Å². The maximum absolute atomic E-state index is 13.5. The number of hydrogen-bond donors (Lipinski definition) is 1. The highest BCUT2D eigenvalue weighted by molar-refractivity contribution is 5.30. The number of terminal acetylenes is 1. The second-order valence-corrected chi connectivity index (χ2v) is 3.88. The molecular formula is C14H18FNO. The van der Waals surface area contributed by atoms with Crippen molar-refractivity contribution >= 4 is 0 Å². The number of hydrogen-bond acceptors (Lipinski definition) is 2. The SMILES string of the molecule is C#CCCCNC(C)c1ccc(OC)c(F)c1. The van der Waals surface area contributed by atoms with Crippen molar-refractivity contribution < 1.29 is 9.13 Å². The molecule has 0 radical (unpaired) electrons. The average molecular weight is 235 g/mol. The van der Waals surface area contributed by atoms with Crippen LogP contribution in [0.3, 0.4) is 0 Å². The van der Waals surface area contributed by atoms with Gasteiger partial charge in [0.15, 0.2) is 11.6 Å². The Labute approximate surface area is 102 Å². The average Bonchev–Trinajstić information content (AvgIpc) is 2.34. The molecule has 0 saturated carbocycles. The maximum Gasteiger partial charge on any atom is 0.165 e. The summed E-state index contributed by atoms with van der Waals surface area (Å²) >= 11 is 0. The van der Waals surface area contributed by atoms with E-state index in [1.54, 1.807) is 6.07 Å². The number of ether oxygens (including phenoxy) is 1. The fourth-order valence-electron chi connectivity index (χ4n) is 1.58. The molecular weight excluding hydrogens is 217 g/mol. The summed E-state index contributed by atoms with van der Waals surface area (Å²) in [6.07, 6.45) is 6.86. The summed E-state index contributed by atoms with van der Waals surface area (Å²) in [4.78, 5) is 0. The summed E-state index contributed by atoms with van der Waals surface area (Å²) in [5.41, 5.74) is 0.906. The van der Waals surface area contributed by atoms with Crippen LogP contribution in [-0.4, -0.2) is 13.7 Å². The van der Waals surface area contributed by atoms with Crippen LogP contribution in [0, 0.1) is 18.2 Å². The third kappa shape index (κ3) is 4.08. The summed E-state index contributed by atoms with van der Waals surface area (Å²) in [5, 5.41) is 3.30. The van der Waals surface area contributed by atoms with Gasteiger partial charge in [0.25, 0.3) is 0 Å². The third-order valence-electron chi connectivity index (χ3n) is 2.62. The van der Waals surface area contributed by atoms with Gasteiger partial charge in [0.1, 0.15) is 0 Å². The lowest BCUT2D eigenvalue weighted by atomic mass is 10.1. The fourth-order valence-corrected chi connectivity index (χ4v) is 1.58. The van der Waals surface area contributed by atoms with Gasteiger partial charge in [-0.15, -0.1) is 12.3 Å². The quantitative estimate of drug-likeness (QED) is 0.604. The van der Waals surface area contributed by atoms with Gasteiger partial charge in [-0.2, -0.15) is 0 Å². The molecule has 1 N–H and O–H groups in total. The largest absolute Gasteiger partial charge is 0.494 e. The Hall–Kier alpha value is -1.53. The van der Waals surface area contributed by atoms with Crippen LogP contribution >= 0.6 is 0 Å². The van der Waals surface area contributed by atoms with Gasteiger partial charge in [0.05, 0.1) is 7.11 Å². The Kier molecular flexibility index (Phi) is 5.51. The lowest BCUT2D eigenvalue weighted by molar-refractivity contribution is 0.385. The van der Waals surface area contributed by atoms with Crippen molar-refractivity contribution in [3.63, 3.8) is 0 Å². The minimum atomic E-state index is -0.331. The number of rotatable bonds is 6. The van der Waals surface area contributed by atoms with Crippen molar-refractivity contribution in [3.8, 4) is 18.1 Å². The van der Waals surface area contributed by atoms with Gasteiger partial charge < -0.3 is 10.1 Å². The molecule has 17 heavy (non-hydrogen) atoms. The molecule has 0 bridgehead atoms. The first-order valence-corrected chi connectivity index (χ1v) is 5.69. The molecule has 1 aromatic carbocycles. The summed E-state index contributed by atoms with van der Waals surface area (Å²) < 4.78 is 18.3. The van der Waals surface area contributed by atoms with Crippen LogP contribution in [-0.2, 0) is 0 Å². The van der Waals surface area contributed by atoms with Crippen LogP contribution in [0.15, 0.2) is 18.2 Å². The van der Waals surface area contributed by atoms with E-state index in [0.717, 1.165) is 24.9 Å². The molecule has 0 spiro atoms. The topological polar surface area (TPSA) is 21.3 Å². The highest BCUT2D eigenvalue weighted by Crippen LogP contribution is 2.21. The van der Waals surface area contributed by atoms with Crippen molar-refractivity contribution in [1.82, 2.24) is 5.32 Å². The second-order valence-electron chi connectivity index (χ2n) is 3.88. The lowest BCUT2D eigenvalue weighted by Gasteiger charge is -2.14. The Bertz CT molecular complexity index is 398. The van der Waals surface area contributed by atoms with E-state index in [0.29, 0.717) is 0 Å².